The van der Waals surface area contributed by atoms with Crippen LogP contribution in [0.5, 0.6) is 0 Å². The van der Waals surface area contributed by atoms with Crippen molar-refractivity contribution >= 4 is 5.97 Å². The Balaban J connectivity index is 2.71. The van der Waals surface area contributed by atoms with Crippen molar-refractivity contribution in [1.82, 2.24) is 0 Å². The summed E-state index contributed by atoms with van der Waals surface area (Å²) in [6.07, 6.45) is 0. The van der Waals surface area contributed by atoms with Gasteiger partial charge in [-0.2, -0.15) is 0 Å². The predicted octanol–water partition coefficient (Wildman–Crippen LogP) is 3.64. The summed E-state index contributed by atoms with van der Waals surface area (Å²) in [7, 11) is 0. The Morgan fingerprint density at radius 2 is 1.72 bits per heavy atom. The third-order valence-corrected chi connectivity index (χ3v) is 2.76. The van der Waals surface area contributed by atoms with E-state index in [0.29, 0.717) is 0 Å². The van der Waals surface area contributed by atoms with Crippen LogP contribution < -0.4 is 0 Å². The fourth-order valence-corrected chi connectivity index (χ4v) is 1.76. The van der Waals surface area contributed by atoms with Crippen LogP contribution in [0.1, 0.15) is 15.9 Å². The minimum Gasteiger partial charge on any atom is -0.478 e. The molecular formula is C14H10F2O2. The summed E-state index contributed by atoms with van der Waals surface area (Å²) in [4.78, 5) is 10.9. The van der Waals surface area contributed by atoms with Gasteiger partial charge in [-0.25, -0.2) is 13.6 Å². The van der Waals surface area contributed by atoms with Crippen LogP contribution in [0.4, 0.5) is 8.78 Å². The highest BCUT2D eigenvalue weighted by molar-refractivity contribution is 5.90. The molecule has 0 atom stereocenters. The van der Waals surface area contributed by atoms with Gasteiger partial charge in [0.05, 0.1) is 5.56 Å². The highest BCUT2D eigenvalue weighted by atomic mass is 19.1. The van der Waals surface area contributed by atoms with E-state index < -0.39 is 17.6 Å². The van der Waals surface area contributed by atoms with E-state index in [1.54, 1.807) is 6.07 Å². The van der Waals surface area contributed by atoms with Crippen molar-refractivity contribution in [1.29, 1.82) is 0 Å². The lowest BCUT2D eigenvalue weighted by Crippen LogP contribution is -2.00. The average molecular weight is 248 g/mol. The van der Waals surface area contributed by atoms with Crippen LogP contribution in [0.3, 0.4) is 0 Å². The number of carboxylic acid groups (broad SMARTS) is 1. The summed E-state index contributed by atoms with van der Waals surface area (Å²) in [5.41, 5.74) is 0.476. The molecule has 0 radical (unpaired) electrons. The van der Waals surface area contributed by atoms with Gasteiger partial charge in [0.1, 0.15) is 11.6 Å². The van der Waals surface area contributed by atoms with Gasteiger partial charge in [0.25, 0.3) is 0 Å². The molecule has 0 aliphatic heterocycles. The smallest absolute Gasteiger partial charge is 0.335 e. The van der Waals surface area contributed by atoms with Crippen LogP contribution in [0.15, 0.2) is 36.4 Å². The van der Waals surface area contributed by atoms with E-state index in [1.807, 2.05) is 0 Å². The minimum atomic E-state index is -1.24. The molecule has 0 aliphatic carbocycles. The summed E-state index contributed by atoms with van der Waals surface area (Å²) in [5, 5.41) is 8.88. The predicted molar refractivity (Wildman–Crippen MR) is 63.5 cm³/mol. The van der Waals surface area contributed by atoms with Gasteiger partial charge in [-0.3, -0.25) is 0 Å². The first kappa shape index (κ1) is 12.2. The molecule has 0 saturated carbocycles. The SMILES string of the molecule is Cc1c(F)cc(C(=O)O)cc1-c1ccccc1F. The van der Waals surface area contributed by atoms with E-state index in [1.165, 1.54) is 31.2 Å². The number of benzene rings is 2. The number of carbonyl (C=O) groups is 1. The van der Waals surface area contributed by atoms with E-state index in [0.717, 1.165) is 6.07 Å². The number of carboxylic acids is 1. The molecule has 2 nitrogen and oxygen atoms in total. The lowest BCUT2D eigenvalue weighted by molar-refractivity contribution is 0.0696. The monoisotopic (exact) mass is 248 g/mol. The first-order valence-corrected chi connectivity index (χ1v) is 5.29. The van der Waals surface area contributed by atoms with Crippen molar-refractivity contribution in [2.45, 2.75) is 6.92 Å². The van der Waals surface area contributed by atoms with Gasteiger partial charge < -0.3 is 5.11 Å². The van der Waals surface area contributed by atoms with Crippen LogP contribution in [0.2, 0.25) is 0 Å². The normalized spacial score (nSPS) is 10.4. The molecule has 2 rings (SSSR count). The second kappa shape index (κ2) is 4.56. The fourth-order valence-electron chi connectivity index (χ4n) is 1.76. The van der Waals surface area contributed by atoms with Gasteiger partial charge in [0.15, 0.2) is 0 Å². The lowest BCUT2D eigenvalue weighted by atomic mass is 9.97. The zero-order chi connectivity index (χ0) is 13.3. The zero-order valence-electron chi connectivity index (χ0n) is 9.58. The van der Waals surface area contributed by atoms with Crippen molar-refractivity contribution < 1.29 is 18.7 Å². The number of rotatable bonds is 2. The van der Waals surface area contributed by atoms with Crippen molar-refractivity contribution in [3.63, 3.8) is 0 Å². The minimum absolute atomic E-state index is 0.192. The molecule has 0 amide bonds. The van der Waals surface area contributed by atoms with E-state index in [2.05, 4.69) is 0 Å². The van der Waals surface area contributed by atoms with E-state index >= 15 is 0 Å². The maximum absolute atomic E-state index is 13.6. The molecule has 0 aromatic heterocycles. The first-order chi connectivity index (χ1) is 8.50. The van der Waals surface area contributed by atoms with E-state index in [4.69, 9.17) is 5.11 Å². The Morgan fingerprint density at radius 3 is 2.33 bits per heavy atom. The summed E-state index contributed by atoms with van der Waals surface area (Å²) in [6, 6.07) is 8.08. The molecule has 0 heterocycles. The Kier molecular flexibility index (Phi) is 3.10. The highest BCUT2D eigenvalue weighted by Gasteiger charge is 2.14. The van der Waals surface area contributed by atoms with Crippen LogP contribution in [0, 0.1) is 18.6 Å². The quantitative estimate of drug-likeness (QED) is 0.880. The molecule has 0 fully saturated rings. The third-order valence-electron chi connectivity index (χ3n) is 2.76. The molecule has 0 bridgehead atoms. The second-order valence-corrected chi connectivity index (χ2v) is 3.92. The number of aromatic carboxylic acids is 1. The van der Waals surface area contributed by atoms with Crippen LogP contribution in [-0.2, 0) is 0 Å². The molecular weight excluding hydrogens is 238 g/mol. The molecule has 0 spiro atoms. The van der Waals surface area contributed by atoms with E-state index in [9.17, 15) is 13.6 Å². The van der Waals surface area contributed by atoms with Gasteiger partial charge in [-0.05, 0) is 36.2 Å². The van der Waals surface area contributed by atoms with Gasteiger partial charge >= 0.3 is 5.97 Å². The molecule has 2 aromatic carbocycles. The van der Waals surface area contributed by atoms with Crippen molar-refractivity contribution in [3.05, 3.63) is 59.2 Å². The topological polar surface area (TPSA) is 37.3 Å². The third kappa shape index (κ3) is 2.09. The van der Waals surface area contributed by atoms with Crippen molar-refractivity contribution in [2.75, 3.05) is 0 Å². The standard InChI is InChI=1S/C14H10F2O2/c1-8-11(10-4-2-3-5-12(10)15)6-9(14(17)18)7-13(8)16/h2-7H,1H3,(H,17,18). The number of halogens is 2. The van der Waals surface area contributed by atoms with Gasteiger partial charge in [0, 0.05) is 5.56 Å². The average Bonchev–Trinajstić information content (AvgIpc) is 2.33. The Hall–Kier alpha value is -2.23. The van der Waals surface area contributed by atoms with Crippen LogP contribution >= 0.6 is 0 Å². The molecule has 0 saturated heterocycles. The highest BCUT2D eigenvalue weighted by Crippen LogP contribution is 2.28. The second-order valence-electron chi connectivity index (χ2n) is 3.92. The van der Waals surface area contributed by atoms with Gasteiger partial charge in [-0.15, -0.1) is 0 Å². The summed E-state index contributed by atoms with van der Waals surface area (Å²) in [5.74, 6) is -2.41. The summed E-state index contributed by atoms with van der Waals surface area (Å²) < 4.78 is 27.3. The Bertz CT molecular complexity index is 621. The van der Waals surface area contributed by atoms with Crippen LogP contribution in [0.25, 0.3) is 11.1 Å². The molecule has 2 aromatic rings. The van der Waals surface area contributed by atoms with Crippen LogP contribution in [-0.4, -0.2) is 11.1 Å². The molecule has 92 valence electrons. The van der Waals surface area contributed by atoms with Gasteiger partial charge in [-0.1, -0.05) is 18.2 Å². The van der Waals surface area contributed by atoms with Crippen molar-refractivity contribution in [3.8, 4) is 11.1 Å². The van der Waals surface area contributed by atoms with E-state index in [-0.39, 0.29) is 22.3 Å². The number of hydrogen-bond donors (Lipinski definition) is 1. The summed E-state index contributed by atoms with van der Waals surface area (Å²) >= 11 is 0. The largest absolute Gasteiger partial charge is 0.478 e. The Labute approximate surface area is 103 Å². The Morgan fingerprint density at radius 1 is 1.06 bits per heavy atom. The lowest BCUT2D eigenvalue weighted by Gasteiger charge is -2.09. The molecule has 0 aliphatic rings. The summed E-state index contributed by atoms with van der Waals surface area (Å²) in [6.45, 7) is 1.49. The molecule has 0 unspecified atom stereocenters. The maximum Gasteiger partial charge on any atom is 0.335 e. The molecule has 1 N–H and O–H groups in total. The maximum atomic E-state index is 13.6. The first-order valence-electron chi connectivity index (χ1n) is 5.29. The fraction of sp³-hybridized carbons (Fsp3) is 0.0714. The molecule has 18 heavy (non-hydrogen) atoms. The zero-order valence-corrected chi connectivity index (χ0v) is 9.58. The van der Waals surface area contributed by atoms with Gasteiger partial charge in [0.2, 0.25) is 0 Å². The number of hydrogen-bond acceptors (Lipinski definition) is 1. The van der Waals surface area contributed by atoms with Crippen molar-refractivity contribution in [2.24, 2.45) is 0 Å². The molecule has 4 heteroatoms.